The van der Waals surface area contributed by atoms with Gasteiger partial charge >= 0.3 is 108 Å². The number of aliphatic hydroxyl groups is 4. The fourth-order valence-corrected chi connectivity index (χ4v) is 8.73. The van der Waals surface area contributed by atoms with Crippen LogP contribution in [0.4, 0.5) is 0 Å². The summed E-state index contributed by atoms with van der Waals surface area (Å²) in [5.41, 5.74) is 13.2. The summed E-state index contributed by atoms with van der Waals surface area (Å²) in [6, 6.07) is 8.38. The number of fused-ring (bicyclic) bond motifs is 8. The molecule has 315 valence electrons. The molecule has 14 heteroatoms. The van der Waals surface area contributed by atoms with Crippen molar-refractivity contribution in [3.8, 4) is 0 Å². The Morgan fingerprint density at radius 2 is 1.64 bits per heavy atom. The molecule has 0 unspecified atom stereocenters. The summed E-state index contributed by atoms with van der Waals surface area (Å²) >= 11 is 1.57. The number of nitrogens with one attached hydrogen (secondary N) is 2. The molecule has 0 aromatic carbocycles. The van der Waals surface area contributed by atoms with E-state index in [1.54, 1.807) is 25.1 Å². The summed E-state index contributed by atoms with van der Waals surface area (Å²) in [6.07, 6.45) is -3.21. The maximum absolute atomic E-state index is 13.5. The van der Waals surface area contributed by atoms with Crippen molar-refractivity contribution < 1.29 is 39.4 Å². The SMILES string of the molecule is CCc1c(C)c2cc3nc(cc4nc(c(C)c5cc(C)c(cc1[nH]2)[nH]5)[C@@H](CCC(=O)N(C)CCCOCC[CH2][Po])[C@@H]4C)C(C)=C3CO[C@@H]1O[C@H](CO)[C@@H](O)[C@H](O)[C@H]1O. The van der Waals surface area contributed by atoms with Gasteiger partial charge in [-0.25, -0.2) is 4.98 Å². The molecular weight excluding hydrogens is 936 g/mol. The van der Waals surface area contributed by atoms with Crippen molar-refractivity contribution in [2.45, 2.75) is 120 Å². The molecule has 0 aliphatic carbocycles. The quantitative estimate of drug-likeness (QED) is 0.113. The number of allylic oxidation sites excluding steroid dienone is 1. The van der Waals surface area contributed by atoms with Gasteiger partial charge in [0.05, 0.1) is 24.6 Å². The number of aromatic nitrogens is 4. The van der Waals surface area contributed by atoms with E-state index in [2.05, 4.69) is 56.7 Å². The van der Waals surface area contributed by atoms with E-state index in [9.17, 15) is 25.2 Å². The van der Waals surface area contributed by atoms with Crippen LogP contribution in [-0.2, 0) is 25.4 Å². The van der Waals surface area contributed by atoms with Crippen LogP contribution < -0.4 is 0 Å². The first-order valence-electron chi connectivity index (χ1n) is 20.5. The average Bonchev–Trinajstić information content (AvgIpc) is 3.91. The van der Waals surface area contributed by atoms with Crippen molar-refractivity contribution in [1.82, 2.24) is 24.8 Å². The topological polar surface area (TPSA) is 186 Å². The first-order chi connectivity index (χ1) is 27.8. The van der Waals surface area contributed by atoms with Crippen molar-refractivity contribution in [2.24, 2.45) is 0 Å². The van der Waals surface area contributed by atoms with E-state index in [4.69, 9.17) is 24.2 Å². The molecule has 7 atom stereocenters. The largest absolute Gasteiger partial charge is 0.394 e. The van der Waals surface area contributed by atoms with Crippen molar-refractivity contribution in [1.29, 1.82) is 0 Å². The molecule has 1 radical (unpaired) electrons. The van der Waals surface area contributed by atoms with Crippen molar-refractivity contribution in [2.75, 3.05) is 40.0 Å². The molecule has 3 aliphatic heterocycles. The Kier molecular flexibility index (Phi) is 15.0. The Bertz CT molecular complexity index is 2150. The zero-order valence-electron chi connectivity index (χ0n) is 34.8. The first-order valence-corrected chi connectivity index (χ1v) is 22.7. The molecule has 6 rings (SSSR count). The molecular formula is C44H60N5O8Po. The number of amides is 1. The number of carbonyl (C=O) groups is 1. The molecule has 6 N–H and O–H groups in total. The van der Waals surface area contributed by atoms with E-state index in [1.165, 1.54) is 9.64 Å². The number of carbonyl (C=O) groups excluding carboxylic acids is 1. The van der Waals surface area contributed by atoms with Crippen LogP contribution in [0.2, 0.25) is 4.08 Å². The summed E-state index contributed by atoms with van der Waals surface area (Å²) in [5, 5.41) is 41.3. The van der Waals surface area contributed by atoms with Gasteiger partial charge in [-0.15, -0.1) is 0 Å². The minimum Gasteiger partial charge on any atom is -0.394 e. The van der Waals surface area contributed by atoms with Crippen LogP contribution in [0.1, 0.15) is 103 Å². The van der Waals surface area contributed by atoms with Crippen molar-refractivity contribution in [3.05, 3.63) is 69.3 Å². The van der Waals surface area contributed by atoms with Gasteiger partial charge < -0.3 is 39.9 Å². The summed E-state index contributed by atoms with van der Waals surface area (Å²) < 4.78 is 18.7. The maximum Gasteiger partial charge on any atom is 0.187 e. The van der Waals surface area contributed by atoms with Gasteiger partial charge in [0.2, 0.25) is 0 Å². The van der Waals surface area contributed by atoms with Gasteiger partial charge in [-0.05, 0) is 86.2 Å². The number of aromatic amines is 2. The average molecular weight is 996 g/mol. The van der Waals surface area contributed by atoms with Crippen LogP contribution in [-0.4, -0.2) is 147 Å². The number of H-pyrrole nitrogens is 2. The number of rotatable bonds is 15. The second kappa shape index (κ2) is 19.6. The second-order valence-electron chi connectivity index (χ2n) is 15.9. The van der Waals surface area contributed by atoms with Crippen LogP contribution in [0.3, 0.4) is 0 Å². The van der Waals surface area contributed by atoms with Gasteiger partial charge in [-0.2, -0.15) is 0 Å². The molecule has 3 aliphatic rings. The number of hydrogen-bond donors (Lipinski definition) is 6. The van der Waals surface area contributed by atoms with Gasteiger partial charge in [0, 0.05) is 44.9 Å². The molecule has 3 aromatic rings. The molecule has 3 aromatic heterocycles. The molecule has 8 bridgehead atoms. The monoisotopic (exact) mass is 995 g/mol. The standard InChI is InChI=1S/C44H60N5O8.Po/c1-9-15-55-16-11-14-49(8)39(51)13-12-29-25(5)35-19-33-26(6)30(22-56-44-43(54)42(53)41(52)38(21-50)57-44)37(47-33)20-34-24(4)28(10-2)36(46-34)18-31-23(3)17-32(45-31)27(7)40(29)48-35;/h17-20,25,29,38,41-46,50,52-54H,1,9-16,21-22H2,2-8H3;/t25-,29-,38+,41+,42-,43+,44+;/m0./s1. The van der Waals surface area contributed by atoms with E-state index in [1.807, 2.05) is 31.0 Å². The van der Waals surface area contributed by atoms with E-state index in [-0.39, 0.29) is 24.3 Å². The second-order valence-corrected chi connectivity index (χ2v) is 17.5. The third-order valence-corrected chi connectivity index (χ3v) is 13.2. The Labute approximate surface area is 356 Å². The van der Waals surface area contributed by atoms with E-state index in [0.717, 1.165) is 92.9 Å². The predicted octanol–water partition coefficient (Wildman–Crippen LogP) is 5.06. The van der Waals surface area contributed by atoms with E-state index in [0.29, 0.717) is 31.7 Å². The van der Waals surface area contributed by atoms with Gasteiger partial charge in [0.1, 0.15) is 24.4 Å². The normalized spacial score (nSPS) is 23.5. The van der Waals surface area contributed by atoms with Crippen LogP contribution >= 0.6 is 0 Å². The number of aliphatic hydroxyl groups excluding tert-OH is 4. The van der Waals surface area contributed by atoms with E-state index >= 15 is 0 Å². The van der Waals surface area contributed by atoms with E-state index < -0.39 is 37.3 Å². The third-order valence-electron chi connectivity index (χ3n) is 12.1. The molecule has 58 heavy (non-hydrogen) atoms. The van der Waals surface area contributed by atoms with Crippen molar-refractivity contribution in [3.63, 3.8) is 0 Å². The zero-order chi connectivity index (χ0) is 41.8. The summed E-state index contributed by atoms with van der Waals surface area (Å²) in [5.74, 6) is 0.0894. The molecule has 6 heterocycles. The third kappa shape index (κ3) is 9.45. The number of aryl methyl sites for hydroxylation is 4. The Morgan fingerprint density at radius 3 is 2.36 bits per heavy atom. The molecule has 1 fully saturated rings. The number of nitrogens with zero attached hydrogens (tertiary/aromatic N) is 3. The van der Waals surface area contributed by atoms with Crippen LogP contribution in [0.5, 0.6) is 0 Å². The van der Waals surface area contributed by atoms with Crippen LogP contribution in [0.25, 0.3) is 33.2 Å². The smallest absolute Gasteiger partial charge is 0.187 e. The molecule has 1 amide bonds. The Morgan fingerprint density at radius 1 is 0.914 bits per heavy atom. The summed E-state index contributed by atoms with van der Waals surface area (Å²) in [4.78, 5) is 33.1. The first kappa shape index (κ1) is 44.5. The molecule has 1 saturated heterocycles. The van der Waals surface area contributed by atoms with Gasteiger partial charge in [0.25, 0.3) is 0 Å². The zero-order valence-corrected chi connectivity index (χ0v) is 38.0. The fraction of sp³-hybridized carbons (Fsp3) is 0.568. The van der Waals surface area contributed by atoms with Crippen molar-refractivity contribution >= 4 is 64.2 Å². The predicted molar refractivity (Wildman–Crippen MR) is 225 cm³/mol. The molecule has 0 spiro atoms. The summed E-state index contributed by atoms with van der Waals surface area (Å²) in [6.45, 7) is 14.1. The molecule has 13 nitrogen and oxygen atoms in total. The minimum absolute atomic E-state index is 0.00752. The van der Waals surface area contributed by atoms with Gasteiger partial charge in [-0.3, -0.25) is 4.98 Å². The van der Waals surface area contributed by atoms with Gasteiger partial charge in [-0.1, -0.05) is 13.8 Å². The van der Waals surface area contributed by atoms with Gasteiger partial charge in [0.15, 0.2) is 6.29 Å². The molecule has 0 saturated carbocycles. The summed E-state index contributed by atoms with van der Waals surface area (Å²) in [7, 11) is 1.87. The Hall–Kier alpha value is -3.05. The van der Waals surface area contributed by atoms with Crippen LogP contribution in [0, 0.1) is 20.8 Å². The maximum atomic E-state index is 13.5. The minimum atomic E-state index is -1.55. The Balaban J connectivity index is 1.41. The van der Waals surface area contributed by atoms with Crippen LogP contribution in [0.15, 0.2) is 24.3 Å². The fourth-order valence-electron chi connectivity index (χ4n) is 8.27. The number of hydrogen-bond acceptors (Lipinski definition) is 10. The number of ether oxygens (including phenoxy) is 3.